The normalized spacial score (nSPS) is 11.9. The molecule has 0 saturated carbocycles. The summed E-state index contributed by atoms with van der Waals surface area (Å²) in [6.07, 6.45) is 1.88. The summed E-state index contributed by atoms with van der Waals surface area (Å²) in [7, 11) is 0.717. The Morgan fingerprint density at radius 1 is 1.19 bits per heavy atom. The smallest absolute Gasteiger partial charge is 0.0991 e. The Morgan fingerprint density at radius 3 is 2.54 bits per heavy atom. The molecule has 0 aliphatic carbocycles. The van der Waals surface area contributed by atoms with E-state index < -0.39 is 10.8 Å². The quantitative estimate of drug-likeness (QED) is 0.562. The predicted molar refractivity (Wildman–Crippen MR) is 108 cm³/mol. The minimum atomic E-state index is -1.12. The van der Waals surface area contributed by atoms with Crippen LogP contribution >= 0.6 is 27.5 Å². The van der Waals surface area contributed by atoms with Crippen molar-refractivity contribution in [2.45, 2.75) is 11.5 Å². The van der Waals surface area contributed by atoms with Crippen LogP contribution in [0.1, 0.15) is 16.7 Å². The first-order valence-electron chi connectivity index (χ1n) is 7.78. The summed E-state index contributed by atoms with van der Waals surface area (Å²) < 4.78 is 15.3. The van der Waals surface area contributed by atoms with Crippen molar-refractivity contribution in [3.63, 3.8) is 0 Å². The van der Waals surface area contributed by atoms with E-state index in [1.165, 1.54) is 0 Å². The van der Waals surface area contributed by atoms with Crippen molar-refractivity contribution in [1.82, 2.24) is 9.78 Å². The van der Waals surface area contributed by atoms with E-state index in [1.54, 1.807) is 22.9 Å². The van der Waals surface area contributed by atoms with Crippen LogP contribution < -0.4 is 0 Å². The van der Waals surface area contributed by atoms with E-state index in [0.29, 0.717) is 22.1 Å². The van der Waals surface area contributed by atoms with Gasteiger partial charge in [-0.2, -0.15) is 10.4 Å². The zero-order chi connectivity index (χ0) is 18.7. The maximum absolute atomic E-state index is 12.7. The van der Waals surface area contributed by atoms with Crippen LogP contribution in [0, 0.1) is 11.3 Å². The van der Waals surface area contributed by atoms with E-state index in [1.807, 2.05) is 37.5 Å². The Hall–Kier alpha value is -1.94. The van der Waals surface area contributed by atoms with Crippen LogP contribution in [-0.4, -0.2) is 14.0 Å². The molecule has 0 saturated heterocycles. The lowest BCUT2D eigenvalue weighted by Gasteiger charge is -2.06. The van der Waals surface area contributed by atoms with Crippen molar-refractivity contribution in [2.24, 2.45) is 7.05 Å². The first kappa shape index (κ1) is 18.8. The molecule has 1 aromatic heterocycles. The number of aromatic nitrogens is 2. The highest BCUT2D eigenvalue weighted by atomic mass is 79.9. The predicted octanol–water partition coefficient (Wildman–Crippen LogP) is 4.82. The van der Waals surface area contributed by atoms with Gasteiger partial charge in [0.25, 0.3) is 0 Å². The van der Waals surface area contributed by atoms with E-state index in [2.05, 4.69) is 27.1 Å². The van der Waals surface area contributed by atoms with Gasteiger partial charge in [-0.3, -0.25) is 8.89 Å². The Balaban J connectivity index is 1.81. The van der Waals surface area contributed by atoms with Crippen molar-refractivity contribution in [3.8, 4) is 17.3 Å². The minimum absolute atomic E-state index is 0.383. The lowest BCUT2D eigenvalue weighted by molar-refractivity contribution is 0.682. The molecular formula is C19H15BrClN3OS. The SMILES string of the molecule is Cn1cc(CS(=O)Cc2ccc(Br)cc2Cl)c(-c2ccc(C#N)cc2)n1. The van der Waals surface area contributed by atoms with Crippen molar-refractivity contribution >= 4 is 38.3 Å². The maximum Gasteiger partial charge on any atom is 0.0991 e. The van der Waals surface area contributed by atoms with Crippen molar-refractivity contribution in [3.05, 3.63) is 74.8 Å². The van der Waals surface area contributed by atoms with Gasteiger partial charge < -0.3 is 0 Å². The lowest BCUT2D eigenvalue weighted by atomic mass is 10.1. The summed E-state index contributed by atoms with van der Waals surface area (Å²) in [5.74, 6) is 0.767. The molecule has 2 aromatic carbocycles. The highest BCUT2D eigenvalue weighted by molar-refractivity contribution is 9.10. The van der Waals surface area contributed by atoms with Gasteiger partial charge in [-0.15, -0.1) is 0 Å². The van der Waals surface area contributed by atoms with E-state index in [0.717, 1.165) is 26.9 Å². The second kappa shape index (κ2) is 8.17. The van der Waals surface area contributed by atoms with Gasteiger partial charge in [-0.1, -0.05) is 45.7 Å². The highest BCUT2D eigenvalue weighted by Gasteiger charge is 2.14. The third-order valence-electron chi connectivity index (χ3n) is 3.84. The summed E-state index contributed by atoms with van der Waals surface area (Å²) in [6.45, 7) is 0. The average Bonchev–Trinajstić information content (AvgIpc) is 2.97. The van der Waals surface area contributed by atoms with Crippen molar-refractivity contribution < 1.29 is 4.21 Å². The fourth-order valence-electron chi connectivity index (χ4n) is 2.63. The number of aryl methyl sites for hydroxylation is 1. The molecule has 1 atom stereocenters. The Morgan fingerprint density at radius 2 is 1.88 bits per heavy atom. The lowest BCUT2D eigenvalue weighted by Crippen LogP contribution is -2.01. The van der Waals surface area contributed by atoms with Gasteiger partial charge in [0.2, 0.25) is 0 Å². The van der Waals surface area contributed by atoms with Gasteiger partial charge in [0.05, 0.1) is 28.8 Å². The van der Waals surface area contributed by atoms with Gasteiger partial charge in [-0.25, -0.2) is 0 Å². The summed E-state index contributed by atoms with van der Waals surface area (Å²) >= 11 is 9.60. The number of nitriles is 1. The van der Waals surface area contributed by atoms with Gasteiger partial charge in [0.1, 0.15) is 0 Å². The molecule has 0 bridgehead atoms. The third-order valence-corrected chi connectivity index (χ3v) is 5.95. The van der Waals surface area contributed by atoms with Crippen LogP contribution in [0.25, 0.3) is 11.3 Å². The van der Waals surface area contributed by atoms with Gasteiger partial charge >= 0.3 is 0 Å². The number of hydrogen-bond donors (Lipinski definition) is 0. The molecule has 4 nitrogen and oxygen atoms in total. The van der Waals surface area contributed by atoms with Crippen molar-refractivity contribution in [2.75, 3.05) is 0 Å². The first-order chi connectivity index (χ1) is 12.5. The van der Waals surface area contributed by atoms with Gasteiger partial charge in [0.15, 0.2) is 0 Å². The number of rotatable bonds is 5. The van der Waals surface area contributed by atoms with Crippen LogP contribution in [0.4, 0.5) is 0 Å². The largest absolute Gasteiger partial charge is 0.275 e. The third kappa shape index (κ3) is 4.42. The molecular weight excluding hydrogens is 434 g/mol. The standard InChI is InChI=1S/C19H15BrClN3OS/c1-24-10-16(19(23-24)14-4-2-13(9-22)3-5-14)12-26(25)11-15-6-7-17(20)8-18(15)21/h2-8,10H,11-12H2,1H3. The van der Waals surface area contributed by atoms with Crippen LogP contribution in [-0.2, 0) is 29.4 Å². The van der Waals surface area contributed by atoms with Crippen molar-refractivity contribution in [1.29, 1.82) is 5.26 Å². The molecule has 1 heterocycles. The number of benzene rings is 2. The first-order valence-corrected chi connectivity index (χ1v) is 10.4. The summed E-state index contributed by atoms with van der Waals surface area (Å²) in [5.41, 5.74) is 4.05. The maximum atomic E-state index is 12.7. The second-order valence-electron chi connectivity index (χ2n) is 5.83. The van der Waals surface area contributed by atoms with Crippen LogP contribution in [0.2, 0.25) is 5.02 Å². The molecule has 0 N–H and O–H groups in total. The van der Waals surface area contributed by atoms with Crippen LogP contribution in [0.5, 0.6) is 0 Å². The molecule has 0 radical (unpaired) electrons. The topological polar surface area (TPSA) is 58.7 Å². The highest BCUT2D eigenvalue weighted by Crippen LogP contribution is 2.26. The summed E-state index contributed by atoms with van der Waals surface area (Å²) in [6, 6.07) is 14.9. The number of halogens is 2. The fourth-order valence-corrected chi connectivity index (χ4v) is 4.70. The van der Waals surface area contributed by atoms with E-state index in [-0.39, 0.29) is 0 Å². The number of nitrogens with zero attached hydrogens (tertiary/aromatic N) is 3. The minimum Gasteiger partial charge on any atom is -0.275 e. The molecule has 132 valence electrons. The molecule has 0 aliphatic heterocycles. The van der Waals surface area contributed by atoms with E-state index in [9.17, 15) is 4.21 Å². The molecule has 0 spiro atoms. The summed E-state index contributed by atoms with van der Waals surface area (Å²) in [4.78, 5) is 0. The van der Waals surface area contributed by atoms with E-state index >= 15 is 0 Å². The Kier molecular flexibility index (Phi) is 5.92. The fraction of sp³-hybridized carbons (Fsp3) is 0.158. The molecule has 3 rings (SSSR count). The average molecular weight is 449 g/mol. The van der Waals surface area contributed by atoms with Gasteiger partial charge in [-0.05, 0) is 29.8 Å². The summed E-state index contributed by atoms with van der Waals surface area (Å²) in [5, 5.41) is 14.0. The molecule has 0 aliphatic rings. The molecule has 7 heteroatoms. The molecule has 26 heavy (non-hydrogen) atoms. The molecule has 1 unspecified atom stereocenters. The zero-order valence-corrected chi connectivity index (χ0v) is 17.1. The molecule has 0 amide bonds. The monoisotopic (exact) mass is 447 g/mol. The Labute approximate surface area is 168 Å². The molecule has 0 fully saturated rings. The number of hydrogen-bond acceptors (Lipinski definition) is 3. The molecule has 3 aromatic rings. The van der Waals surface area contributed by atoms with E-state index in [4.69, 9.17) is 16.9 Å². The zero-order valence-electron chi connectivity index (χ0n) is 13.9. The second-order valence-corrected chi connectivity index (χ2v) is 8.61. The van der Waals surface area contributed by atoms with Crippen LogP contribution in [0.3, 0.4) is 0 Å². The van der Waals surface area contributed by atoms with Crippen LogP contribution in [0.15, 0.2) is 53.1 Å². The Bertz CT molecular complexity index is 1010. The van der Waals surface area contributed by atoms with Gasteiger partial charge in [0, 0.05) is 44.7 Å².